The summed E-state index contributed by atoms with van der Waals surface area (Å²) in [6, 6.07) is 13.9. The fourth-order valence-corrected chi connectivity index (χ4v) is 3.26. The van der Waals surface area contributed by atoms with Crippen molar-refractivity contribution in [1.82, 2.24) is 5.16 Å². The lowest BCUT2D eigenvalue weighted by molar-refractivity contribution is 0.102. The molecular weight excluding hydrogens is 370 g/mol. The molecule has 0 saturated heterocycles. The Hall–Kier alpha value is -3.33. The second kappa shape index (κ2) is 7.50. The number of aryl methyl sites for hydroxylation is 1. The molecule has 9 heteroatoms. The van der Waals surface area contributed by atoms with Crippen molar-refractivity contribution < 1.29 is 22.5 Å². The Morgan fingerprint density at radius 3 is 2.30 bits per heavy atom. The van der Waals surface area contributed by atoms with Gasteiger partial charge in [-0.3, -0.25) is 9.52 Å². The Morgan fingerprint density at radius 1 is 1.07 bits per heavy atom. The molecule has 140 valence electrons. The lowest BCUT2D eigenvalue weighted by Gasteiger charge is -2.08. The van der Waals surface area contributed by atoms with E-state index in [1.54, 1.807) is 38.3 Å². The first-order valence-electron chi connectivity index (χ1n) is 7.89. The molecule has 3 aromatic rings. The summed E-state index contributed by atoms with van der Waals surface area (Å²) in [7, 11) is -2.27. The van der Waals surface area contributed by atoms with Crippen LogP contribution in [0, 0.1) is 6.92 Å². The van der Waals surface area contributed by atoms with E-state index in [0.717, 1.165) is 0 Å². The molecule has 0 aliphatic carbocycles. The number of benzene rings is 2. The number of hydrogen-bond donors (Lipinski definition) is 2. The smallest absolute Gasteiger partial charge is 0.263 e. The van der Waals surface area contributed by atoms with Crippen molar-refractivity contribution in [1.29, 1.82) is 0 Å². The first-order valence-corrected chi connectivity index (χ1v) is 9.37. The van der Waals surface area contributed by atoms with Crippen molar-refractivity contribution >= 4 is 27.4 Å². The third-order valence-electron chi connectivity index (χ3n) is 3.64. The lowest BCUT2D eigenvalue weighted by atomic mass is 10.2. The summed E-state index contributed by atoms with van der Waals surface area (Å²) in [5.74, 6) is 0.897. The highest BCUT2D eigenvalue weighted by Gasteiger charge is 2.17. The summed E-state index contributed by atoms with van der Waals surface area (Å²) in [6.07, 6.45) is 0. The molecule has 27 heavy (non-hydrogen) atoms. The van der Waals surface area contributed by atoms with E-state index in [-0.39, 0.29) is 16.6 Å². The zero-order valence-corrected chi connectivity index (χ0v) is 15.4. The molecule has 1 aromatic heterocycles. The van der Waals surface area contributed by atoms with Gasteiger partial charge in [-0.2, -0.15) is 0 Å². The predicted octanol–water partition coefficient (Wildman–Crippen LogP) is 3.04. The maximum Gasteiger partial charge on any atom is 0.263 e. The molecule has 1 amide bonds. The SMILES string of the molecule is COc1ccc(NC(=O)c2ccc(S(=O)(=O)Nc3cc(C)on3)cc2)cc1. The number of ether oxygens (including phenoxy) is 1. The van der Waals surface area contributed by atoms with Gasteiger partial charge in [-0.25, -0.2) is 8.42 Å². The zero-order chi connectivity index (χ0) is 19.4. The van der Waals surface area contributed by atoms with Crippen LogP contribution in [0.25, 0.3) is 0 Å². The van der Waals surface area contributed by atoms with E-state index < -0.39 is 10.0 Å². The molecule has 0 aliphatic heterocycles. The van der Waals surface area contributed by atoms with Crippen molar-refractivity contribution in [3.05, 3.63) is 65.9 Å². The van der Waals surface area contributed by atoms with E-state index >= 15 is 0 Å². The maximum absolute atomic E-state index is 12.3. The number of carbonyl (C=O) groups is 1. The molecule has 0 radical (unpaired) electrons. The molecule has 0 bridgehead atoms. The first-order chi connectivity index (χ1) is 12.9. The number of carbonyl (C=O) groups excluding carboxylic acids is 1. The van der Waals surface area contributed by atoms with Crippen molar-refractivity contribution in [2.75, 3.05) is 17.1 Å². The van der Waals surface area contributed by atoms with Gasteiger partial charge in [-0.05, 0) is 55.5 Å². The minimum atomic E-state index is -3.83. The van der Waals surface area contributed by atoms with Gasteiger partial charge in [-0.1, -0.05) is 5.16 Å². The fraction of sp³-hybridized carbons (Fsp3) is 0.111. The van der Waals surface area contributed by atoms with Gasteiger partial charge in [0.25, 0.3) is 15.9 Å². The van der Waals surface area contributed by atoms with E-state index in [1.807, 2.05) is 0 Å². The van der Waals surface area contributed by atoms with Gasteiger partial charge in [0, 0.05) is 17.3 Å². The average molecular weight is 387 g/mol. The summed E-state index contributed by atoms with van der Waals surface area (Å²) in [4.78, 5) is 12.3. The Kier molecular flexibility index (Phi) is 5.13. The highest BCUT2D eigenvalue weighted by atomic mass is 32.2. The molecule has 0 atom stereocenters. The van der Waals surface area contributed by atoms with Crippen LogP contribution in [0.2, 0.25) is 0 Å². The Morgan fingerprint density at radius 2 is 1.74 bits per heavy atom. The third-order valence-corrected chi connectivity index (χ3v) is 5.01. The van der Waals surface area contributed by atoms with Crippen LogP contribution >= 0.6 is 0 Å². The summed E-state index contributed by atoms with van der Waals surface area (Å²) in [5.41, 5.74) is 0.919. The molecule has 0 spiro atoms. The van der Waals surface area contributed by atoms with E-state index in [0.29, 0.717) is 22.8 Å². The van der Waals surface area contributed by atoms with Gasteiger partial charge < -0.3 is 14.6 Å². The van der Waals surface area contributed by atoms with Crippen LogP contribution in [-0.2, 0) is 10.0 Å². The van der Waals surface area contributed by atoms with Crippen LogP contribution < -0.4 is 14.8 Å². The van der Waals surface area contributed by atoms with Crippen LogP contribution in [0.15, 0.2) is 64.0 Å². The minimum Gasteiger partial charge on any atom is -0.497 e. The zero-order valence-electron chi connectivity index (χ0n) is 14.6. The minimum absolute atomic E-state index is 0.00384. The number of nitrogens with zero attached hydrogens (tertiary/aromatic N) is 1. The van der Waals surface area contributed by atoms with E-state index in [2.05, 4.69) is 15.2 Å². The lowest BCUT2D eigenvalue weighted by Crippen LogP contribution is -2.15. The van der Waals surface area contributed by atoms with Gasteiger partial charge in [0.1, 0.15) is 11.5 Å². The molecule has 2 N–H and O–H groups in total. The monoisotopic (exact) mass is 387 g/mol. The van der Waals surface area contributed by atoms with Gasteiger partial charge in [0.05, 0.1) is 12.0 Å². The number of nitrogens with one attached hydrogen (secondary N) is 2. The Bertz CT molecular complexity index is 1040. The van der Waals surface area contributed by atoms with Crippen molar-refractivity contribution in [3.8, 4) is 5.75 Å². The molecule has 8 nitrogen and oxygen atoms in total. The first kappa shape index (κ1) is 18.5. The number of hydrogen-bond acceptors (Lipinski definition) is 6. The van der Waals surface area contributed by atoms with Gasteiger partial charge in [0.15, 0.2) is 5.82 Å². The molecule has 3 rings (SSSR count). The maximum atomic E-state index is 12.3. The summed E-state index contributed by atoms with van der Waals surface area (Å²) in [6.45, 7) is 1.65. The molecule has 0 saturated carbocycles. The van der Waals surface area contributed by atoms with E-state index in [1.165, 1.54) is 30.3 Å². The molecular formula is C18H17N3O5S. The number of anilines is 2. The van der Waals surface area contributed by atoms with Crippen LogP contribution in [-0.4, -0.2) is 26.6 Å². The summed E-state index contributed by atoms with van der Waals surface area (Å²) >= 11 is 0. The molecule has 0 fully saturated rings. The van der Waals surface area contributed by atoms with Crippen LogP contribution in [0.4, 0.5) is 11.5 Å². The summed E-state index contributed by atoms with van der Waals surface area (Å²) in [5, 5.41) is 6.32. The van der Waals surface area contributed by atoms with E-state index in [9.17, 15) is 13.2 Å². The number of methoxy groups -OCH3 is 1. The summed E-state index contributed by atoms with van der Waals surface area (Å²) < 4.78 is 36.9. The molecule has 0 aliphatic rings. The van der Waals surface area contributed by atoms with Gasteiger partial charge >= 0.3 is 0 Å². The average Bonchev–Trinajstić information content (AvgIpc) is 3.06. The van der Waals surface area contributed by atoms with Crippen molar-refractivity contribution in [2.24, 2.45) is 0 Å². The van der Waals surface area contributed by atoms with Crippen LogP contribution in [0.3, 0.4) is 0 Å². The normalized spacial score (nSPS) is 11.0. The van der Waals surface area contributed by atoms with Crippen LogP contribution in [0.5, 0.6) is 5.75 Å². The second-order valence-electron chi connectivity index (χ2n) is 5.64. The van der Waals surface area contributed by atoms with Crippen molar-refractivity contribution in [2.45, 2.75) is 11.8 Å². The predicted molar refractivity (Wildman–Crippen MR) is 99.4 cm³/mol. The highest BCUT2D eigenvalue weighted by molar-refractivity contribution is 7.92. The molecule has 1 heterocycles. The van der Waals surface area contributed by atoms with Crippen LogP contribution in [0.1, 0.15) is 16.1 Å². The van der Waals surface area contributed by atoms with Gasteiger partial charge in [0.2, 0.25) is 0 Å². The standard InChI is InChI=1S/C18H17N3O5S/c1-12-11-17(20-26-12)21-27(23,24)16-9-3-13(4-10-16)18(22)19-14-5-7-15(25-2)8-6-14/h3-11H,1-2H3,(H,19,22)(H,20,21). The van der Waals surface area contributed by atoms with Crippen molar-refractivity contribution in [3.63, 3.8) is 0 Å². The molecule has 0 unspecified atom stereocenters. The number of aromatic nitrogens is 1. The second-order valence-corrected chi connectivity index (χ2v) is 7.32. The highest BCUT2D eigenvalue weighted by Crippen LogP contribution is 2.18. The fourth-order valence-electron chi connectivity index (χ4n) is 2.27. The topological polar surface area (TPSA) is 111 Å². The van der Waals surface area contributed by atoms with E-state index in [4.69, 9.17) is 9.26 Å². The Balaban J connectivity index is 1.70. The number of sulfonamides is 1. The third kappa shape index (κ3) is 4.45. The quantitative estimate of drug-likeness (QED) is 0.673. The molecule has 2 aromatic carbocycles. The number of amides is 1. The largest absolute Gasteiger partial charge is 0.497 e. The number of rotatable bonds is 6. The Labute approximate surface area is 156 Å². The van der Waals surface area contributed by atoms with Gasteiger partial charge in [-0.15, -0.1) is 0 Å².